The minimum absolute atomic E-state index is 0.149. The van der Waals surface area contributed by atoms with E-state index in [1.54, 1.807) is 19.2 Å². The van der Waals surface area contributed by atoms with Crippen LogP contribution in [0.15, 0.2) is 42.5 Å². The van der Waals surface area contributed by atoms with Gasteiger partial charge in [0, 0.05) is 12.6 Å². The molecule has 0 atom stereocenters. The molecule has 1 heterocycles. The van der Waals surface area contributed by atoms with Crippen LogP contribution in [0.2, 0.25) is 0 Å². The third-order valence-electron chi connectivity index (χ3n) is 2.83. The summed E-state index contributed by atoms with van der Waals surface area (Å²) in [5.41, 5.74) is 1.64. The minimum Gasteiger partial charge on any atom is -0.481 e. The van der Waals surface area contributed by atoms with E-state index in [-0.39, 0.29) is 5.82 Å². The fourth-order valence-corrected chi connectivity index (χ4v) is 1.81. The molecular weight excluding hydrogens is 243 g/mol. The summed E-state index contributed by atoms with van der Waals surface area (Å²) in [6.45, 7) is 1.35. The van der Waals surface area contributed by atoms with Crippen LogP contribution in [0.1, 0.15) is 11.3 Å². The third kappa shape index (κ3) is 4.03. The number of hydrogen-bond donors (Lipinski definition) is 1. The molecule has 0 aliphatic heterocycles. The van der Waals surface area contributed by atoms with Crippen molar-refractivity contribution in [2.24, 2.45) is 0 Å². The molecule has 0 spiro atoms. The lowest BCUT2D eigenvalue weighted by molar-refractivity contribution is 0.395. The van der Waals surface area contributed by atoms with Gasteiger partial charge >= 0.3 is 0 Å². The van der Waals surface area contributed by atoms with Crippen LogP contribution in [0.25, 0.3) is 0 Å². The van der Waals surface area contributed by atoms with Gasteiger partial charge in [0.25, 0.3) is 0 Å². The van der Waals surface area contributed by atoms with E-state index >= 15 is 0 Å². The van der Waals surface area contributed by atoms with Crippen LogP contribution in [0.4, 0.5) is 4.39 Å². The molecule has 3 nitrogen and oxygen atoms in total. The van der Waals surface area contributed by atoms with Crippen molar-refractivity contribution in [3.8, 4) is 5.88 Å². The molecule has 19 heavy (non-hydrogen) atoms. The lowest BCUT2D eigenvalue weighted by Gasteiger charge is -2.06. The summed E-state index contributed by atoms with van der Waals surface area (Å²) in [6.07, 6.45) is 0.663. The molecule has 0 aliphatic carbocycles. The smallest absolute Gasteiger partial charge is 0.213 e. The Morgan fingerprint density at radius 2 is 2.00 bits per heavy atom. The number of rotatable bonds is 6. The van der Waals surface area contributed by atoms with Gasteiger partial charge in [-0.15, -0.1) is 0 Å². The molecule has 100 valence electrons. The molecule has 1 N–H and O–H groups in total. The van der Waals surface area contributed by atoms with Gasteiger partial charge < -0.3 is 10.1 Å². The maximum atomic E-state index is 13.4. The molecule has 2 aromatic rings. The first kappa shape index (κ1) is 13.5. The van der Waals surface area contributed by atoms with E-state index in [0.29, 0.717) is 25.4 Å². The molecule has 0 amide bonds. The van der Waals surface area contributed by atoms with Gasteiger partial charge in [0.05, 0.1) is 12.8 Å². The fourth-order valence-electron chi connectivity index (χ4n) is 1.81. The summed E-state index contributed by atoms with van der Waals surface area (Å²) in [4.78, 5) is 4.29. The minimum atomic E-state index is -0.149. The van der Waals surface area contributed by atoms with Crippen molar-refractivity contribution in [3.63, 3.8) is 0 Å². The number of halogens is 1. The predicted molar refractivity (Wildman–Crippen MR) is 72.6 cm³/mol. The molecule has 1 aromatic heterocycles. The summed E-state index contributed by atoms with van der Waals surface area (Å²) >= 11 is 0. The Balaban J connectivity index is 1.79. The maximum Gasteiger partial charge on any atom is 0.213 e. The summed E-state index contributed by atoms with van der Waals surface area (Å²) < 4.78 is 18.4. The molecule has 0 radical (unpaired) electrons. The Labute approximate surface area is 112 Å². The van der Waals surface area contributed by atoms with Gasteiger partial charge in [-0.05, 0) is 30.7 Å². The van der Waals surface area contributed by atoms with Crippen LogP contribution in [0.3, 0.4) is 0 Å². The summed E-state index contributed by atoms with van der Waals surface area (Å²) in [5, 5.41) is 3.24. The molecule has 0 saturated heterocycles. The topological polar surface area (TPSA) is 34.1 Å². The van der Waals surface area contributed by atoms with E-state index in [1.807, 2.05) is 24.3 Å². The van der Waals surface area contributed by atoms with Gasteiger partial charge in [-0.3, -0.25) is 0 Å². The van der Waals surface area contributed by atoms with Gasteiger partial charge in [-0.1, -0.05) is 24.3 Å². The van der Waals surface area contributed by atoms with Crippen molar-refractivity contribution in [1.29, 1.82) is 0 Å². The molecule has 2 rings (SSSR count). The van der Waals surface area contributed by atoms with Crippen LogP contribution < -0.4 is 10.1 Å². The van der Waals surface area contributed by atoms with Crippen LogP contribution in [-0.4, -0.2) is 18.6 Å². The van der Waals surface area contributed by atoms with Crippen LogP contribution in [0, 0.1) is 5.82 Å². The van der Waals surface area contributed by atoms with E-state index in [4.69, 9.17) is 4.74 Å². The summed E-state index contributed by atoms with van der Waals surface area (Å²) in [5.74, 6) is 0.456. The second kappa shape index (κ2) is 6.85. The molecule has 0 fully saturated rings. The molecule has 0 unspecified atom stereocenters. The SMILES string of the molecule is COc1cccc(CNCCc2ccccc2F)n1. The monoisotopic (exact) mass is 260 g/mol. The number of nitrogens with zero attached hydrogens (tertiary/aromatic N) is 1. The standard InChI is InChI=1S/C15H17FN2O/c1-19-15-8-4-6-13(18-15)11-17-10-9-12-5-2-3-7-14(12)16/h2-8,17H,9-11H2,1H3. The van der Waals surface area contributed by atoms with Crippen molar-refractivity contribution in [1.82, 2.24) is 10.3 Å². The predicted octanol–water partition coefficient (Wildman–Crippen LogP) is 2.56. The molecular formula is C15H17FN2O. The molecule has 0 aliphatic rings. The fraction of sp³-hybridized carbons (Fsp3) is 0.267. The number of nitrogens with one attached hydrogen (secondary N) is 1. The zero-order valence-corrected chi connectivity index (χ0v) is 10.9. The normalized spacial score (nSPS) is 10.4. The first-order valence-corrected chi connectivity index (χ1v) is 6.23. The molecule has 0 saturated carbocycles. The molecule has 4 heteroatoms. The lowest BCUT2D eigenvalue weighted by atomic mass is 10.1. The first-order chi connectivity index (χ1) is 9.29. The molecule has 0 bridgehead atoms. The van der Waals surface area contributed by atoms with E-state index in [0.717, 1.165) is 11.3 Å². The maximum absolute atomic E-state index is 13.4. The number of hydrogen-bond acceptors (Lipinski definition) is 3. The highest BCUT2D eigenvalue weighted by atomic mass is 19.1. The third-order valence-corrected chi connectivity index (χ3v) is 2.83. The number of aromatic nitrogens is 1. The van der Waals surface area contributed by atoms with Crippen molar-refractivity contribution in [3.05, 3.63) is 59.5 Å². The lowest BCUT2D eigenvalue weighted by Crippen LogP contribution is -2.18. The van der Waals surface area contributed by atoms with Crippen LogP contribution in [-0.2, 0) is 13.0 Å². The molecule has 1 aromatic carbocycles. The Morgan fingerprint density at radius 1 is 1.16 bits per heavy atom. The van der Waals surface area contributed by atoms with Crippen LogP contribution in [0.5, 0.6) is 5.88 Å². The number of pyridine rings is 1. The van der Waals surface area contributed by atoms with E-state index in [9.17, 15) is 4.39 Å². The number of methoxy groups -OCH3 is 1. The van der Waals surface area contributed by atoms with E-state index in [1.165, 1.54) is 6.07 Å². The Bertz CT molecular complexity index is 531. The second-order valence-electron chi connectivity index (χ2n) is 4.19. The quantitative estimate of drug-likeness (QED) is 0.811. The van der Waals surface area contributed by atoms with Gasteiger partial charge in [-0.25, -0.2) is 9.37 Å². The van der Waals surface area contributed by atoms with Crippen molar-refractivity contribution in [2.75, 3.05) is 13.7 Å². The Kier molecular flexibility index (Phi) is 4.86. The Morgan fingerprint density at radius 3 is 2.79 bits per heavy atom. The van der Waals surface area contributed by atoms with E-state index < -0.39 is 0 Å². The van der Waals surface area contributed by atoms with Crippen LogP contribution >= 0.6 is 0 Å². The summed E-state index contributed by atoms with van der Waals surface area (Å²) in [6, 6.07) is 12.5. The van der Waals surface area contributed by atoms with Gasteiger partial charge in [0.15, 0.2) is 0 Å². The zero-order valence-electron chi connectivity index (χ0n) is 10.9. The van der Waals surface area contributed by atoms with Gasteiger partial charge in [0.1, 0.15) is 5.82 Å². The van der Waals surface area contributed by atoms with Gasteiger partial charge in [0.2, 0.25) is 5.88 Å². The second-order valence-corrected chi connectivity index (χ2v) is 4.19. The van der Waals surface area contributed by atoms with Crippen molar-refractivity contribution >= 4 is 0 Å². The average molecular weight is 260 g/mol. The summed E-state index contributed by atoms with van der Waals surface area (Å²) in [7, 11) is 1.59. The Hall–Kier alpha value is -1.94. The average Bonchev–Trinajstić information content (AvgIpc) is 2.45. The van der Waals surface area contributed by atoms with Crippen molar-refractivity contribution < 1.29 is 9.13 Å². The van der Waals surface area contributed by atoms with E-state index in [2.05, 4.69) is 10.3 Å². The highest BCUT2D eigenvalue weighted by Crippen LogP contribution is 2.07. The van der Waals surface area contributed by atoms with Gasteiger partial charge in [-0.2, -0.15) is 0 Å². The number of benzene rings is 1. The highest BCUT2D eigenvalue weighted by Gasteiger charge is 2.01. The highest BCUT2D eigenvalue weighted by molar-refractivity contribution is 5.18. The largest absolute Gasteiger partial charge is 0.481 e. The zero-order chi connectivity index (χ0) is 13.5. The first-order valence-electron chi connectivity index (χ1n) is 6.23. The van der Waals surface area contributed by atoms with Crippen molar-refractivity contribution in [2.45, 2.75) is 13.0 Å². The number of ether oxygens (including phenoxy) is 1.